The SMILES string of the molecule is COCC(=O)N1CCN(CC2(O)CCN(c3ccc(OC)cc3)CC2)C[C@@](O)(COc2ccc(C)c(C)c2)C1. The zero-order valence-electron chi connectivity index (χ0n) is 23.7. The first-order valence-electron chi connectivity index (χ1n) is 13.6. The molecular formula is C30H43N3O6. The lowest BCUT2D eigenvalue weighted by atomic mass is 9.90. The van der Waals surface area contributed by atoms with Crippen molar-refractivity contribution in [1.29, 1.82) is 0 Å². The number of piperidine rings is 1. The molecule has 2 aliphatic heterocycles. The monoisotopic (exact) mass is 541 g/mol. The van der Waals surface area contributed by atoms with Crippen molar-refractivity contribution >= 4 is 11.6 Å². The quantitative estimate of drug-likeness (QED) is 0.499. The summed E-state index contributed by atoms with van der Waals surface area (Å²) in [4.78, 5) is 18.7. The van der Waals surface area contributed by atoms with Crippen LogP contribution in [0.4, 0.5) is 5.69 Å². The summed E-state index contributed by atoms with van der Waals surface area (Å²) in [6.45, 7) is 7.36. The highest BCUT2D eigenvalue weighted by Gasteiger charge is 2.41. The van der Waals surface area contributed by atoms with E-state index in [0.29, 0.717) is 44.8 Å². The van der Waals surface area contributed by atoms with Gasteiger partial charge in [0.25, 0.3) is 0 Å². The van der Waals surface area contributed by atoms with Crippen LogP contribution in [0.1, 0.15) is 24.0 Å². The van der Waals surface area contributed by atoms with E-state index in [1.54, 1.807) is 12.0 Å². The van der Waals surface area contributed by atoms with Crippen LogP contribution in [0, 0.1) is 13.8 Å². The number of nitrogens with zero attached hydrogens (tertiary/aromatic N) is 3. The van der Waals surface area contributed by atoms with E-state index in [1.807, 2.05) is 56.3 Å². The lowest BCUT2D eigenvalue weighted by Gasteiger charge is -2.42. The Morgan fingerprint density at radius 2 is 1.56 bits per heavy atom. The van der Waals surface area contributed by atoms with Crippen LogP contribution >= 0.6 is 0 Å². The summed E-state index contributed by atoms with van der Waals surface area (Å²) < 4.78 is 16.4. The Labute approximate surface area is 231 Å². The normalized spacial score (nSPS) is 21.9. The molecule has 0 radical (unpaired) electrons. The predicted octanol–water partition coefficient (Wildman–Crippen LogP) is 2.24. The first-order chi connectivity index (χ1) is 18.6. The second-order valence-corrected chi connectivity index (χ2v) is 11.1. The fourth-order valence-electron chi connectivity index (χ4n) is 5.47. The number of anilines is 1. The number of carbonyl (C=O) groups is 1. The summed E-state index contributed by atoms with van der Waals surface area (Å²) in [5, 5.41) is 23.3. The van der Waals surface area contributed by atoms with Crippen molar-refractivity contribution in [3.63, 3.8) is 0 Å². The van der Waals surface area contributed by atoms with Crippen molar-refractivity contribution in [2.24, 2.45) is 0 Å². The van der Waals surface area contributed by atoms with Crippen LogP contribution in [-0.4, -0.2) is 110 Å². The second kappa shape index (κ2) is 12.6. The smallest absolute Gasteiger partial charge is 0.248 e. The molecule has 0 unspecified atom stereocenters. The third-order valence-corrected chi connectivity index (χ3v) is 7.95. The molecule has 0 aromatic heterocycles. The van der Waals surface area contributed by atoms with E-state index < -0.39 is 11.2 Å². The van der Waals surface area contributed by atoms with Gasteiger partial charge in [0.1, 0.15) is 30.3 Å². The average Bonchev–Trinajstić information content (AvgIpc) is 3.08. The van der Waals surface area contributed by atoms with Crippen molar-refractivity contribution < 1.29 is 29.2 Å². The van der Waals surface area contributed by atoms with E-state index in [1.165, 1.54) is 12.7 Å². The number of β-amino-alcohol motifs (C(OH)–C–C–N with tert-alkyl or cyclic N) is 2. The van der Waals surface area contributed by atoms with E-state index in [2.05, 4.69) is 9.80 Å². The molecule has 0 spiro atoms. The van der Waals surface area contributed by atoms with Crippen LogP contribution in [-0.2, 0) is 9.53 Å². The number of rotatable bonds is 9. The van der Waals surface area contributed by atoms with Gasteiger partial charge in [0, 0.05) is 52.1 Å². The first-order valence-corrected chi connectivity index (χ1v) is 13.6. The lowest BCUT2D eigenvalue weighted by Crippen LogP contribution is -2.56. The molecule has 2 aliphatic rings. The maximum atomic E-state index is 12.7. The van der Waals surface area contributed by atoms with Crippen molar-refractivity contribution in [3.05, 3.63) is 53.6 Å². The minimum Gasteiger partial charge on any atom is -0.497 e. The summed E-state index contributed by atoms with van der Waals surface area (Å²) in [6, 6.07) is 13.8. The van der Waals surface area contributed by atoms with Crippen LogP contribution in [0.15, 0.2) is 42.5 Å². The van der Waals surface area contributed by atoms with Gasteiger partial charge in [0.2, 0.25) is 5.91 Å². The maximum absolute atomic E-state index is 12.7. The zero-order chi connectivity index (χ0) is 28.0. The molecule has 2 fully saturated rings. The van der Waals surface area contributed by atoms with E-state index in [4.69, 9.17) is 14.2 Å². The van der Waals surface area contributed by atoms with Crippen LogP contribution in [0.25, 0.3) is 0 Å². The third kappa shape index (κ3) is 7.63. The maximum Gasteiger partial charge on any atom is 0.248 e. The first kappa shape index (κ1) is 29.1. The highest BCUT2D eigenvalue weighted by Crippen LogP contribution is 2.29. The second-order valence-electron chi connectivity index (χ2n) is 11.1. The summed E-state index contributed by atoms with van der Waals surface area (Å²) in [5.41, 5.74) is 1.20. The minimum absolute atomic E-state index is 0.0342. The summed E-state index contributed by atoms with van der Waals surface area (Å²) in [6.07, 6.45) is 1.22. The third-order valence-electron chi connectivity index (χ3n) is 7.95. The van der Waals surface area contributed by atoms with Gasteiger partial charge >= 0.3 is 0 Å². The number of aliphatic hydroxyl groups is 2. The Morgan fingerprint density at radius 1 is 0.872 bits per heavy atom. The van der Waals surface area contributed by atoms with Crippen molar-refractivity contribution in [2.45, 2.75) is 37.9 Å². The number of carbonyl (C=O) groups excluding carboxylic acids is 1. The Kier molecular flexibility index (Phi) is 9.38. The predicted molar refractivity (Wildman–Crippen MR) is 151 cm³/mol. The van der Waals surface area contributed by atoms with Gasteiger partial charge in [0.15, 0.2) is 0 Å². The van der Waals surface area contributed by atoms with Gasteiger partial charge in [-0.05, 0) is 74.2 Å². The molecule has 214 valence electrons. The summed E-state index contributed by atoms with van der Waals surface area (Å²) >= 11 is 0. The molecule has 9 heteroatoms. The Hall–Kier alpha value is -2.85. The highest BCUT2D eigenvalue weighted by molar-refractivity contribution is 5.77. The number of ether oxygens (including phenoxy) is 3. The summed E-state index contributed by atoms with van der Waals surface area (Å²) in [7, 11) is 3.15. The fourth-order valence-corrected chi connectivity index (χ4v) is 5.47. The van der Waals surface area contributed by atoms with Gasteiger partial charge < -0.3 is 34.2 Å². The molecule has 2 saturated heterocycles. The number of hydrogen-bond acceptors (Lipinski definition) is 8. The molecular weight excluding hydrogens is 498 g/mol. The number of hydrogen-bond donors (Lipinski definition) is 2. The Morgan fingerprint density at radius 3 is 2.21 bits per heavy atom. The molecule has 1 amide bonds. The molecule has 4 rings (SSSR count). The van der Waals surface area contributed by atoms with Crippen LogP contribution in [0.5, 0.6) is 11.5 Å². The van der Waals surface area contributed by atoms with Gasteiger partial charge in [0.05, 0.1) is 19.3 Å². The Balaban J connectivity index is 1.42. The summed E-state index contributed by atoms with van der Waals surface area (Å²) in [5.74, 6) is 1.33. The molecule has 2 aromatic rings. The van der Waals surface area contributed by atoms with Gasteiger partial charge in [-0.1, -0.05) is 6.07 Å². The van der Waals surface area contributed by atoms with E-state index in [9.17, 15) is 15.0 Å². The number of methoxy groups -OCH3 is 2. The molecule has 0 aliphatic carbocycles. The van der Waals surface area contributed by atoms with Crippen LogP contribution < -0.4 is 14.4 Å². The Bertz CT molecular complexity index is 1100. The van der Waals surface area contributed by atoms with Gasteiger partial charge in [-0.15, -0.1) is 0 Å². The lowest BCUT2D eigenvalue weighted by molar-refractivity contribution is -0.138. The molecule has 0 saturated carbocycles. The number of aryl methyl sites for hydroxylation is 2. The van der Waals surface area contributed by atoms with Crippen LogP contribution in [0.2, 0.25) is 0 Å². The molecule has 9 nitrogen and oxygen atoms in total. The molecule has 2 aromatic carbocycles. The molecule has 1 atom stereocenters. The highest BCUT2D eigenvalue weighted by atomic mass is 16.5. The zero-order valence-corrected chi connectivity index (χ0v) is 23.7. The molecule has 39 heavy (non-hydrogen) atoms. The largest absolute Gasteiger partial charge is 0.497 e. The van der Waals surface area contributed by atoms with E-state index in [-0.39, 0.29) is 25.7 Å². The van der Waals surface area contributed by atoms with Crippen LogP contribution in [0.3, 0.4) is 0 Å². The van der Waals surface area contributed by atoms with Gasteiger partial charge in [-0.3, -0.25) is 9.69 Å². The van der Waals surface area contributed by atoms with E-state index >= 15 is 0 Å². The minimum atomic E-state index is -1.31. The molecule has 2 N–H and O–H groups in total. The molecule has 2 heterocycles. The fraction of sp³-hybridized carbons (Fsp3) is 0.567. The van der Waals surface area contributed by atoms with Gasteiger partial charge in [-0.2, -0.15) is 0 Å². The number of amides is 1. The molecule has 0 bridgehead atoms. The van der Waals surface area contributed by atoms with Crippen molar-refractivity contribution in [1.82, 2.24) is 9.80 Å². The average molecular weight is 542 g/mol. The van der Waals surface area contributed by atoms with Gasteiger partial charge in [-0.25, -0.2) is 0 Å². The standard InChI is InChI=1S/C30H43N3O6/c1-23-5-8-27(17-24(23)2)39-22-30(36)20-31(15-16-33(21-30)28(34)18-37-3)19-29(35)11-13-32(14-12-29)25-6-9-26(38-4)10-7-25/h5-10,17,35-36H,11-16,18-22H2,1-4H3/t30-/m0/s1. The topological polar surface area (TPSA) is 94.9 Å². The van der Waals surface area contributed by atoms with E-state index in [0.717, 1.165) is 30.1 Å². The van der Waals surface area contributed by atoms with Crippen molar-refractivity contribution in [2.75, 3.05) is 78.1 Å². The van der Waals surface area contributed by atoms with Crippen molar-refractivity contribution in [3.8, 4) is 11.5 Å². The number of benzene rings is 2.